The quantitative estimate of drug-likeness (QED) is 0.730. The van der Waals surface area contributed by atoms with Gasteiger partial charge in [0.05, 0.1) is 12.5 Å². The van der Waals surface area contributed by atoms with Crippen LogP contribution in [0.2, 0.25) is 0 Å². The monoisotopic (exact) mass is 387 g/mol. The number of nitrogens with two attached hydrogens (primary N) is 1. The predicted octanol–water partition coefficient (Wildman–Crippen LogP) is 3.53. The second-order valence-electron chi connectivity index (χ2n) is 6.81. The average molecular weight is 387 g/mol. The van der Waals surface area contributed by atoms with Crippen molar-refractivity contribution in [2.75, 3.05) is 5.32 Å². The number of fused-ring (bicyclic) bond motifs is 1. The lowest BCUT2D eigenvalue weighted by Gasteiger charge is -2.21. The molecule has 0 bridgehead atoms. The van der Waals surface area contributed by atoms with E-state index in [1.807, 2.05) is 23.6 Å². The minimum atomic E-state index is -0.661. The van der Waals surface area contributed by atoms with Gasteiger partial charge in [0, 0.05) is 29.5 Å². The molecule has 8 heteroatoms. The fourth-order valence-corrected chi connectivity index (χ4v) is 4.35. The maximum atomic E-state index is 12.5. The van der Waals surface area contributed by atoms with Gasteiger partial charge in [-0.2, -0.15) is 0 Å². The molecule has 2 aromatic rings. The average Bonchev–Trinajstić information content (AvgIpc) is 3.34. The summed E-state index contributed by atoms with van der Waals surface area (Å²) in [6.45, 7) is 0. The van der Waals surface area contributed by atoms with Crippen molar-refractivity contribution in [3.8, 4) is 11.5 Å². The van der Waals surface area contributed by atoms with E-state index in [4.69, 9.17) is 15.2 Å². The van der Waals surface area contributed by atoms with Crippen LogP contribution in [0.15, 0.2) is 35.7 Å². The molecule has 1 aliphatic carbocycles. The van der Waals surface area contributed by atoms with E-state index in [1.54, 1.807) is 12.1 Å². The number of nitrogens with one attached hydrogen (secondary N) is 2. The van der Waals surface area contributed by atoms with E-state index in [0.29, 0.717) is 17.2 Å². The molecule has 1 spiro atoms. The van der Waals surface area contributed by atoms with Crippen LogP contribution in [0, 0.1) is 0 Å². The van der Waals surface area contributed by atoms with Crippen LogP contribution in [0.3, 0.4) is 0 Å². The predicted molar refractivity (Wildman–Crippen MR) is 102 cm³/mol. The van der Waals surface area contributed by atoms with Gasteiger partial charge in [0.15, 0.2) is 11.5 Å². The molecule has 1 atom stereocenters. The fraction of sp³-hybridized carbons (Fsp3) is 0.368. The first-order valence-electron chi connectivity index (χ1n) is 8.94. The number of ether oxygens (including phenoxy) is 2. The largest absolute Gasteiger partial charge is 0.448 e. The van der Waals surface area contributed by atoms with Gasteiger partial charge in [0.2, 0.25) is 5.91 Å². The summed E-state index contributed by atoms with van der Waals surface area (Å²) in [5, 5.41) is 7.36. The van der Waals surface area contributed by atoms with E-state index in [0.717, 1.165) is 30.6 Å². The first-order valence-corrected chi connectivity index (χ1v) is 9.82. The Morgan fingerprint density at radius 3 is 2.67 bits per heavy atom. The fourth-order valence-electron chi connectivity index (χ4n) is 3.57. The smallest absolute Gasteiger partial charge is 0.312 e. The second-order valence-corrected chi connectivity index (χ2v) is 7.79. The molecule has 1 aromatic carbocycles. The number of primary amides is 1. The number of carbonyl (C=O) groups is 2. The van der Waals surface area contributed by atoms with Crippen LogP contribution < -0.4 is 25.8 Å². The Morgan fingerprint density at radius 2 is 1.96 bits per heavy atom. The molecule has 1 fully saturated rings. The highest BCUT2D eigenvalue weighted by molar-refractivity contribution is 7.10. The Hall–Kier alpha value is -2.74. The summed E-state index contributed by atoms with van der Waals surface area (Å²) in [5.41, 5.74) is 5.86. The van der Waals surface area contributed by atoms with E-state index < -0.39 is 17.9 Å². The van der Waals surface area contributed by atoms with Crippen molar-refractivity contribution in [2.45, 2.75) is 43.9 Å². The van der Waals surface area contributed by atoms with Crippen molar-refractivity contribution in [1.82, 2.24) is 5.32 Å². The van der Waals surface area contributed by atoms with Crippen molar-refractivity contribution in [2.24, 2.45) is 5.73 Å². The summed E-state index contributed by atoms with van der Waals surface area (Å²) in [7, 11) is 0. The lowest BCUT2D eigenvalue weighted by molar-refractivity contribution is -0.116. The van der Waals surface area contributed by atoms with Gasteiger partial charge in [-0.25, -0.2) is 4.79 Å². The molecule has 0 radical (unpaired) electrons. The Morgan fingerprint density at radius 1 is 1.19 bits per heavy atom. The Kier molecular flexibility index (Phi) is 4.65. The van der Waals surface area contributed by atoms with Crippen LogP contribution in [0.25, 0.3) is 0 Å². The summed E-state index contributed by atoms with van der Waals surface area (Å²) < 4.78 is 12.0. The molecule has 142 valence electrons. The standard InChI is InChI=1S/C19H21N3O4S/c20-18(24)22-13(16-4-3-9-27-16)11-17(23)21-12-5-6-14-15(10-12)26-19(25-14)7-1-2-8-19/h3-6,9-10,13H,1-2,7-8,11H2,(H,21,23)(H3,20,22,24)/t13-/m0/s1. The highest BCUT2D eigenvalue weighted by atomic mass is 32.1. The van der Waals surface area contributed by atoms with E-state index in [-0.39, 0.29) is 12.3 Å². The molecule has 4 rings (SSSR count). The molecular weight excluding hydrogens is 366 g/mol. The van der Waals surface area contributed by atoms with Crippen LogP contribution in [0.4, 0.5) is 10.5 Å². The van der Waals surface area contributed by atoms with Crippen molar-refractivity contribution in [3.05, 3.63) is 40.6 Å². The molecule has 0 unspecified atom stereocenters. The van der Waals surface area contributed by atoms with Crippen molar-refractivity contribution < 1.29 is 19.1 Å². The Balaban J connectivity index is 1.42. The van der Waals surface area contributed by atoms with E-state index >= 15 is 0 Å². The molecule has 1 aromatic heterocycles. The number of anilines is 1. The summed E-state index contributed by atoms with van der Waals surface area (Å²) in [6, 6.07) is 7.99. The van der Waals surface area contributed by atoms with Crippen molar-refractivity contribution >= 4 is 29.0 Å². The highest BCUT2D eigenvalue weighted by Crippen LogP contribution is 2.47. The van der Waals surface area contributed by atoms with E-state index in [1.165, 1.54) is 11.3 Å². The number of benzene rings is 1. The second kappa shape index (κ2) is 7.11. The van der Waals surface area contributed by atoms with Crippen LogP contribution in [0.5, 0.6) is 11.5 Å². The first-order chi connectivity index (χ1) is 13.0. The first kappa shape index (κ1) is 17.7. The third-order valence-electron chi connectivity index (χ3n) is 4.78. The summed E-state index contributed by atoms with van der Waals surface area (Å²) in [4.78, 5) is 24.6. The number of urea groups is 1. The Labute approximate surface area is 160 Å². The van der Waals surface area contributed by atoms with Gasteiger partial charge in [-0.15, -0.1) is 11.3 Å². The van der Waals surface area contributed by atoms with Gasteiger partial charge < -0.3 is 25.8 Å². The number of thiophene rings is 1. The van der Waals surface area contributed by atoms with E-state index in [2.05, 4.69) is 10.6 Å². The lowest BCUT2D eigenvalue weighted by Crippen LogP contribution is -2.34. The SMILES string of the molecule is NC(=O)N[C@@H](CC(=O)Nc1ccc2c(c1)OC1(CCCC1)O2)c1cccs1. The molecule has 1 saturated carbocycles. The zero-order valence-electron chi connectivity index (χ0n) is 14.7. The molecule has 4 N–H and O–H groups in total. The lowest BCUT2D eigenvalue weighted by atomic mass is 10.1. The number of carbonyl (C=O) groups excluding carboxylic acids is 2. The number of rotatable bonds is 5. The highest BCUT2D eigenvalue weighted by Gasteiger charge is 2.44. The molecule has 0 saturated heterocycles. The van der Waals surface area contributed by atoms with Gasteiger partial charge in [-0.05, 0) is 36.4 Å². The Bertz CT molecular complexity index is 847. The van der Waals surface area contributed by atoms with Gasteiger partial charge in [0.1, 0.15) is 0 Å². The zero-order valence-corrected chi connectivity index (χ0v) is 15.5. The number of amides is 3. The normalized spacial score (nSPS) is 17.6. The summed E-state index contributed by atoms with van der Waals surface area (Å²) in [6.07, 6.45) is 4.03. The van der Waals surface area contributed by atoms with Gasteiger partial charge in [-0.1, -0.05) is 6.07 Å². The van der Waals surface area contributed by atoms with E-state index in [9.17, 15) is 9.59 Å². The molecular formula is C19H21N3O4S. The van der Waals surface area contributed by atoms with Crippen LogP contribution in [0.1, 0.15) is 43.0 Å². The maximum absolute atomic E-state index is 12.5. The summed E-state index contributed by atoms with van der Waals surface area (Å²) in [5.74, 6) is 0.610. The van der Waals surface area contributed by atoms with Crippen LogP contribution in [-0.2, 0) is 4.79 Å². The number of hydrogen-bond donors (Lipinski definition) is 3. The van der Waals surface area contributed by atoms with Gasteiger partial charge in [-0.3, -0.25) is 4.79 Å². The molecule has 3 amide bonds. The minimum Gasteiger partial charge on any atom is -0.448 e. The molecule has 2 aliphatic rings. The number of hydrogen-bond acceptors (Lipinski definition) is 5. The topological polar surface area (TPSA) is 103 Å². The maximum Gasteiger partial charge on any atom is 0.312 e. The molecule has 27 heavy (non-hydrogen) atoms. The minimum absolute atomic E-state index is 0.0852. The third kappa shape index (κ3) is 3.85. The molecule has 1 aliphatic heterocycles. The molecule has 2 heterocycles. The zero-order chi connectivity index (χ0) is 18.9. The third-order valence-corrected chi connectivity index (χ3v) is 5.76. The van der Waals surface area contributed by atoms with Crippen molar-refractivity contribution in [1.29, 1.82) is 0 Å². The van der Waals surface area contributed by atoms with Crippen LogP contribution in [-0.4, -0.2) is 17.7 Å². The van der Waals surface area contributed by atoms with Crippen LogP contribution >= 0.6 is 11.3 Å². The van der Waals surface area contributed by atoms with Crippen molar-refractivity contribution in [3.63, 3.8) is 0 Å². The van der Waals surface area contributed by atoms with Gasteiger partial charge in [0.25, 0.3) is 5.79 Å². The molecule has 7 nitrogen and oxygen atoms in total. The summed E-state index contributed by atoms with van der Waals surface area (Å²) >= 11 is 1.46. The van der Waals surface area contributed by atoms with Gasteiger partial charge >= 0.3 is 6.03 Å².